The first-order valence-corrected chi connectivity index (χ1v) is 16.1. The minimum Gasteiger partial charge on any atom is -0.405 e. The number of nitrogens with two attached hydrogens (primary N) is 1. The van der Waals surface area contributed by atoms with Gasteiger partial charge in [0.15, 0.2) is 0 Å². The molecule has 0 spiro atoms. The van der Waals surface area contributed by atoms with Crippen molar-refractivity contribution < 1.29 is 0 Å². The van der Waals surface area contributed by atoms with Crippen LogP contribution in [0.4, 0.5) is 0 Å². The first kappa shape index (κ1) is 26.1. The minimum absolute atomic E-state index is 0.0779. The predicted octanol–water partition coefficient (Wildman–Crippen LogP) is 10.0. The van der Waals surface area contributed by atoms with Gasteiger partial charge >= 0.3 is 0 Å². The van der Waals surface area contributed by atoms with E-state index in [4.69, 9.17) is 5.73 Å². The van der Waals surface area contributed by atoms with Crippen molar-refractivity contribution in [3.05, 3.63) is 151 Å². The maximum absolute atomic E-state index is 6.06. The van der Waals surface area contributed by atoms with Crippen LogP contribution in [-0.4, -0.2) is 9.13 Å². The number of thiophene rings is 1. The third kappa shape index (κ3) is 4.02. The standard InChI is InChI=1S/C40H30N4S/c41-23-22-33(26-18-19-29-28-12-4-8-16-35(28)44(37(29)24-26)27-10-2-1-3-11-27)42-25-43-34-15-7-5-14-32(34)39-36(43)21-20-31-30-13-6-9-17-38(30)45-40(31)39/h1-24,33,42H,25,41H2/b23-22-. The van der Waals surface area contributed by atoms with Crippen molar-refractivity contribution in [3.63, 3.8) is 0 Å². The van der Waals surface area contributed by atoms with Crippen molar-refractivity contribution >= 4 is 75.1 Å². The lowest BCUT2D eigenvalue weighted by atomic mass is 10.0. The van der Waals surface area contributed by atoms with Gasteiger partial charge in [-0.15, -0.1) is 11.3 Å². The van der Waals surface area contributed by atoms with Crippen LogP contribution in [0.5, 0.6) is 0 Å². The molecule has 4 nitrogen and oxygen atoms in total. The summed E-state index contributed by atoms with van der Waals surface area (Å²) in [5.41, 5.74) is 13.2. The summed E-state index contributed by atoms with van der Waals surface area (Å²) in [6.07, 6.45) is 3.70. The topological polar surface area (TPSA) is 47.9 Å². The van der Waals surface area contributed by atoms with Crippen LogP contribution in [0.3, 0.4) is 0 Å². The van der Waals surface area contributed by atoms with Crippen molar-refractivity contribution in [2.24, 2.45) is 5.73 Å². The fourth-order valence-corrected chi connectivity index (χ4v) is 8.38. The molecule has 1 atom stereocenters. The van der Waals surface area contributed by atoms with E-state index in [1.54, 1.807) is 6.20 Å². The molecule has 0 radical (unpaired) electrons. The highest BCUT2D eigenvalue weighted by molar-refractivity contribution is 7.26. The van der Waals surface area contributed by atoms with E-state index in [0.29, 0.717) is 6.67 Å². The van der Waals surface area contributed by atoms with Crippen LogP contribution < -0.4 is 11.1 Å². The van der Waals surface area contributed by atoms with Crippen molar-refractivity contribution in [1.82, 2.24) is 14.5 Å². The minimum atomic E-state index is -0.0779. The van der Waals surface area contributed by atoms with Crippen LogP contribution in [0.1, 0.15) is 11.6 Å². The Bertz CT molecular complexity index is 2570. The van der Waals surface area contributed by atoms with Gasteiger partial charge in [-0.3, -0.25) is 5.32 Å². The molecule has 6 aromatic carbocycles. The second-order valence-corrected chi connectivity index (χ2v) is 12.6. The molecule has 216 valence electrons. The molecule has 0 amide bonds. The van der Waals surface area contributed by atoms with Gasteiger partial charge < -0.3 is 14.9 Å². The van der Waals surface area contributed by atoms with E-state index >= 15 is 0 Å². The van der Waals surface area contributed by atoms with E-state index in [-0.39, 0.29) is 6.04 Å². The summed E-state index contributed by atoms with van der Waals surface area (Å²) in [4.78, 5) is 0. The van der Waals surface area contributed by atoms with Gasteiger partial charge in [-0.25, -0.2) is 0 Å². The summed E-state index contributed by atoms with van der Waals surface area (Å²) >= 11 is 1.89. The third-order valence-electron chi connectivity index (χ3n) is 9.12. The number of hydrogen-bond acceptors (Lipinski definition) is 3. The Balaban J connectivity index is 1.17. The molecular formula is C40H30N4S. The van der Waals surface area contributed by atoms with Gasteiger partial charge in [-0.2, -0.15) is 0 Å². The average Bonchev–Trinajstić information content (AvgIpc) is 3.74. The lowest BCUT2D eigenvalue weighted by molar-refractivity contribution is 0.536. The quantitative estimate of drug-likeness (QED) is 0.200. The van der Waals surface area contributed by atoms with E-state index in [2.05, 4.69) is 154 Å². The van der Waals surface area contributed by atoms with Crippen molar-refractivity contribution in [3.8, 4) is 5.69 Å². The number of nitrogens with zero attached hydrogens (tertiary/aromatic N) is 2. The molecule has 0 aliphatic heterocycles. The zero-order valence-electron chi connectivity index (χ0n) is 24.5. The number of rotatable bonds is 6. The molecule has 5 heteroatoms. The Morgan fingerprint density at radius 2 is 1.31 bits per heavy atom. The molecule has 0 saturated carbocycles. The molecule has 3 N–H and O–H groups in total. The molecular weight excluding hydrogens is 569 g/mol. The van der Waals surface area contributed by atoms with Gasteiger partial charge in [-0.1, -0.05) is 91.0 Å². The van der Waals surface area contributed by atoms with Crippen LogP contribution in [0.25, 0.3) is 69.5 Å². The summed E-state index contributed by atoms with van der Waals surface area (Å²) in [5.74, 6) is 0. The number of benzene rings is 6. The monoisotopic (exact) mass is 598 g/mol. The number of fused-ring (bicyclic) bond motifs is 10. The summed E-state index contributed by atoms with van der Waals surface area (Å²) in [6.45, 7) is 0.634. The van der Waals surface area contributed by atoms with Crippen LogP contribution in [0, 0.1) is 0 Å². The smallest absolute Gasteiger partial charge is 0.0739 e. The zero-order chi connectivity index (χ0) is 29.9. The highest BCUT2D eigenvalue weighted by Crippen LogP contribution is 2.42. The van der Waals surface area contributed by atoms with Gasteiger partial charge in [0, 0.05) is 47.4 Å². The van der Waals surface area contributed by atoms with E-state index < -0.39 is 0 Å². The van der Waals surface area contributed by atoms with Gasteiger partial charge in [0.2, 0.25) is 0 Å². The van der Waals surface area contributed by atoms with Crippen molar-refractivity contribution in [1.29, 1.82) is 0 Å². The fourth-order valence-electron chi connectivity index (χ4n) is 7.12. The van der Waals surface area contributed by atoms with Gasteiger partial charge in [0.1, 0.15) is 0 Å². The van der Waals surface area contributed by atoms with Crippen LogP contribution in [0.2, 0.25) is 0 Å². The average molecular weight is 599 g/mol. The van der Waals surface area contributed by atoms with E-state index in [0.717, 1.165) is 11.3 Å². The highest BCUT2D eigenvalue weighted by Gasteiger charge is 2.18. The molecule has 0 saturated heterocycles. The third-order valence-corrected chi connectivity index (χ3v) is 10.3. The number of nitrogens with one attached hydrogen (secondary N) is 1. The molecule has 0 aliphatic carbocycles. The van der Waals surface area contributed by atoms with E-state index in [9.17, 15) is 0 Å². The van der Waals surface area contributed by atoms with Gasteiger partial charge in [-0.05, 0) is 60.3 Å². The second-order valence-electron chi connectivity index (χ2n) is 11.6. The van der Waals surface area contributed by atoms with Gasteiger partial charge in [0.05, 0.1) is 34.8 Å². The Kier molecular flexibility index (Phi) is 6.01. The fraction of sp³-hybridized carbons (Fsp3) is 0.0500. The molecule has 9 aromatic rings. The molecule has 3 aromatic heterocycles. The van der Waals surface area contributed by atoms with E-state index in [1.165, 1.54) is 63.8 Å². The summed E-state index contributed by atoms with van der Waals surface area (Å²) in [7, 11) is 0. The Labute approximate surface area is 264 Å². The zero-order valence-corrected chi connectivity index (χ0v) is 25.3. The molecule has 9 rings (SSSR count). The Morgan fingerprint density at radius 1 is 0.622 bits per heavy atom. The van der Waals surface area contributed by atoms with E-state index in [1.807, 2.05) is 11.3 Å². The second kappa shape index (κ2) is 10.4. The molecule has 45 heavy (non-hydrogen) atoms. The lowest BCUT2D eigenvalue weighted by Gasteiger charge is -2.18. The molecule has 0 bridgehead atoms. The lowest BCUT2D eigenvalue weighted by Crippen LogP contribution is -2.23. The first-order valence-electron chi connectivity index (χ1n) is 15.3. The Morgan fingerprint density at radius 3 is 2.16 bits per heavy atom. The number of para-hydroxylation sites is 3. The first-order chi connectivity index (χ1) is 22.3. The van der Waals surface area contributed by atoms with Crippen LogP contribution in [0.15, 0.2) is 146 Å². The number of aromatic nitrogens is 2. The van der Waals surface area contributed by atoms with Crippen LogP contribution in [-0.2, 0) is 6.67 Å². The SMILES string of the molecule is N/C=C\C(NCn1c2ccccc2c2c3sc4ccccc4c3ccc21)c1ccc2c3ccccc3n(-c3ccccc3)c2c1. The molecule has 1 unspecified atom stereocenters. The largest absolute Gasteiger partial charge is 0.405 e. The highest BCUT2D eigenvalue weighted by atomic mass is 32.1. The predicted molar refractivity (Wildman–Crippen MR) is 192 cm³/mol. The van der Waals surface area contributed by atoms with Crippen LogP contribution >= 0.6 is 11.3 Å². The molecule has 0 fully saturated rings. The Hall–Kier alpha value is -5.36. The summed E-state index contributed by atoms with van der Waals surface area (Å²) in [5, 5.41) is 11.6. The summed E-state index contributed by atoms with van der Waals surface area (Å²) in [6, 6.07) is 48.0. The summed E-state index contributed by atoms with van der Waals surface area (Å²) < 4.78 is 7.44. The maximum atomic E-state index is 6.06. The molecule has 3 heterocycles. The molecule has 0 aliphatic rings. The number of hydrogen-bond donors (Lipinski definition) is 2. The normalized spacial score (nSPS) is 13.0. The van der Waals surface area contributed by atoms with Gasteiger partial charge in [0.25, 0.3) is 0 Å². The maximum Gasteiger partial charge on any atom is 0.0739 e. The van der Waals surface area contributed by atoms with Crippen molar-refractivity contribution in [2.75, 3.05) is 0 Å². The van der Waals surface area contributed by atoms with Crippen molar-refractivity contribution in [2.45, 2.75) is 12.7 Å².